The molecule has 6 heteroatoms. The Morgan fingerprint density at radius 1 is 1.14 bits per heavy atom. The SMILES string of the molecule is COc1ccc(-c2noc(-c3ccc(N)cc3F)n2)cc1. The van der Waals surface area contributed by atoms with Gasteiger partial charge in [-0.05, 0) is 42.5 Å². The predicted molar refractivity (Wildman–Crippen MR) is 76.1 cm³/mol. The van der Waals surface area contributed by atoms with Gasteiger partial charge >= 0.3 is 0 Å². The first-order valence-electron chi connectivity index (χ1n) is 6.21. The minimum Gasteiger partial charge on any atom is -0.497 e. The van der Waals surface area contributed by atoms with Crippen LogP contribution in [-0.2, 0) is 0 Å². The molecule has 0 spiro atoms. The molecular formula is C15H12FN3O2. The summed E-state index contributed by atoms with van der Waals surface area (Å²) in [6, 6.07) is 11.5. The topological polar surface area (TPSA) is 74.2 Å². The van der Waals surface area contributed by atoms with Crippen LogP contribution in [0.1, 0.15) is 0 Å². The van der Waals surface area contributed by atoms with Gasteiger partial charge in [0.1, 0.15) is 11.6 Å². The lowest BCUT2D eigenvalue weighted by Crippen LogP contribution is -1.89. The zero-order chi connectivity index (χ0) is 14.8. The second-order valence-electron chi connectivity index (χ2n) is 4.39. The van der Waals surface area contributed by atoms with E-state index in [4.69, 9.17) is 15.0 Å². The summed E-state index contributed by atoms with van der Waals surface area (Å²) in [4.78, 5) is 4.20. The molecule has 2 aromatic carbocycles. The maximum atomic E-state index is 13.8. The zero-order valence-corrected chi connectivity index (χ0v) is 11.2. The van der Waals surface area contributed by atoms with Gasteiger partial charge in [0.05, 0.1) is 12.7 Å². The summed E-state index contributed by atoms with van der Waals surface area (Å²) in [5, 5.41) is 3.86. The maximum absolute atomic E-state index is 13.8. The number of benzene rings is 2. The summed E-state index contributed by atoms with van der Waals surface area (Å²) in [5.41, 5.74) is 6.82. The van der Waals surface area contributed by atoms with Gasteiger partial charge in [-0.1, -0.05) is 5.16 Å². The quantitative estimate of drug-likeness (QED) is 0.748. The highest BCUT2D eigenvalue weighted by Crippen LogP contribution is 2.26. The van der Waals surface area contributed by atoms with Crippen molar-refractivity contribution in [1.82, 2.24) is 10.1 Å². The largest absolute Gasteiger partial charge is 0.497 e. The molecule has 0 fully saturated rings. The highest BCUT2D eigenvalue weighted by Gasteiger charge is 2.14. The summed E-state index contributed by atoms with van der Waals surface area (Å²) >= 11 is 0. The van der Waals surface area contributed by atoms with Crippen LogP contribution in [0.25, 0.3) is 22.8 Å². The van der Waals surface area contributed by atoms with E-state index in [9.17, 15) is 4.39 Å². The fourth-order valence-corrected chi connectivity index (χ4v) is 1.90. The van der Waals surface area contributed by atoms with Crippen molar-refractivity contribution in [1.29, 1.82) is 0 Å². The van der Waals surface area contributed by atoms with Crippen LogP contribution >= 0.6 is 0 Å². The summed E-state index contributed by atoms with van der Waals surface area (Å²) in [6.45, 7) is 0. The first-order chi connectivity index (χ1) is 10.2. The van der Waals surface area contributed by atoms with Gasteiger partial charge in [-0.2, -0.15) is 4.98 Å². The summed E-state index contributed by atoms with van der Waals surface area (Å²) in [5.74, 6) is 0.717. The number of ether oxygens (including phenoxy) is 1. The Labute approximate surface area is 120 Å². The van der Waals surface area contributed by atoms with E-state index in [2.05, 4.69) is 10.1 Å². The van der Waals surface area contributed by atoms with Crippen molar-refractivity contribution in [2.75, 3.05) is 12.8 Å². The smallest absolute Gasteiger partial charge is 0.261 e. The Kier molecular flexibility index (Phi) is 3.27. The minimum absolute atomic E-state index is 0.110. The second kappa shape index (κ2) is 5.24. The van der Waals surface area contributed by atoms with Crippen LogP contribution in [0.2, 0.25) is 0 Å². The van der Waals surface area contributed by atoms with Crippen LogP contribution in [0.5, 0.6) is 5.75 Å². The van der Waals surface area contributed by atoms with E-state index >= 15 is 0 Å². The van der Waals surface area contributed by atoms with Crippen molar-refractivity contribution in [2.24, 2.45) is 0 Å². The van der Waals surface area contributed by atoms with Crippen molar-refractivity contribution in [3.63, 3.8) is 0 Å². The Hall–Kier alpha value is -2.89. The lowest BCUT2D eigenvalue weighted by atomic mass is 10.2. The maximum Gasteiger partial charge on any atom is 0.261 e. The molecule has 0 atom stereocenters. The van der Waals surface area contributed by atoms with Crippen molar-refractivity contribution < 1.29 is 13.7 Å². The van der Waals surface area contributed by atoms with Crippen molar-refractivity contribution in [3.05, 3.63) is 48.3 Å². The molecule has 106 valence electrons. The zero-order valence-electron chi connectivity index (χ0n) is 11.2. The van der Waals surface area contributed by atoms with E-state index in [0.717, 1.165) is 11.3 Å². The molecular weight excluding hydrogens is 273 g/mol. The van der Waals surface area contributed by atoms with Crippen molar-refractivity contribution in [2.45, 2.75) is 0 Å². The van der Waals surface area contributed by atoms with Gasteiger partial charge in [-0.15, -0.1) is 0 Å². The second-order valence-corrected chi connectivity index (χ2v) is 4.39. The van der Waals surface area contributed by atoms with E-state index in [1.807, 2.05) is 0 Å². The molecule has 0 radical (unpaired) electrons. The molecule has 21 heavy (non-hydrogen) atoms. The molecule has 5 nitrogen and oxygen atoms in total. The number of hydrogen-bond donors (Lipinski definition) is 1. The molecule has 0 saturated carbocycles. The number of hydrogen-bond acceptors (Lipinski definition) is 5. The van der Waals surface area contributed by atoms with Crippen molar-refractivity contribution in [3.8, 4) is 28.6 Å². The summed E-state index contributed by atoms with van der Waals surface area (Å²) in [6.07, 6.45) is 0. The summed E-state index contributed by atoms with van der Waals surface area (Å²) < 4.78 is 24.0. The van der Waals surface area contributed by atoms with Crippen molar-refractivity contribution >= 4 is 5.69 Å². The highest BCUT2D eigenvalue weighted by atomic mass is 19.1. The third-order valence-electron chi connectivity index (χ3n) is 3.00. The van der Waals surface area contributed by atoms with Crippen LogP contribution in [0.3, 0.4) is 0 Å². The van der Waals surface area contributed by atoms with E-state index < -0.39 is 5.82 Å². The average molecular weight is 285 g/mol. The van der Waals surface area contributed by atoms with Gasteiger partial charge in [0, 0.05) is 11.3 Å². The Morgan fingerprint density at radius 3 is 2.57 bits per heavy atom. The molecule has 0 unspecified atom stereocenters. The average Bonchev–Trinajstić information content (AvgIpc) is 2.97. The molecule has 3 aromatic rings. The number of nitrogens with zero attached hydrogens (tertiary/aromatic N) is 2. The number of rotatable bonds is 3. The van der Waals surface area contributed by atoms with E-state index in [-0.39, 0.29) is 11.5 Å². The van der Waals surface area contributed by atoms with E-state index in [1.165, 1.54) is 12.1 Å². The van der Waals surface area contributed by atoms with Gasteiger partial charge in [-0.3, -0.25) is 0 Å². The normalized spacial score (nSPS) is 10.6. The lowest BCUT2D eigenvalue weighted by Gasteiger charge is -1.99. The van der Waals surface area contributed by atoms with E-state index in [0.29, 0.717) is 11.5 Å². The number of anilines is 1. The molecule has 1 heterocycles. The van der Waals surface area contributed by atoms with Crippen LogP contribution in [-0.4, -0.2) is 17.3 Å². The number of methoxy groups -OCH3 is 1. The Morgan fingerprint density at radius 2 is 1.90 bits per heavy atom. The first-order valence-corrected chi connectivity index (χ1v) is 6.21. The molecule has 3 rings (SSSR count). The molecule has 0 aliphatic carbocycles. The standard InChI is InChI=1S/C15H12FN3O2/c1-20-11-5-2-9(3-6-11)14-18-15(21-19-14)12-7-4-10(17)8-13(12)16/h2-8H,17H2,1H3. The number of aromatic nitrogens is 2. The number of nitrogens with two attached hydrogens (primary N) is 1. The van der Waals surface area contributed by atoms with E-state index in [1.54, 1.807) is 37.4 Å². The molecule has 2 N–H and O–H groups in total. The lowest BCUT2D eigenvalue weighted by molar-refractivity contribution is 0.414. The highest BCUT2D eigenvalue weighted by molar-refractivity contribution is 5.62. The fourth-order valence-electron chi connectivity index (χ4n) is 1.90. The molecule has 0 saturated heterocycles. The van der Waals surface area contributed by atoms with Crippen LogP contribution in [0.15, 0.2) is 47.0 Å². The Balaban J connectivity index is 1.95. The molecule has 0 aliphatic heterocycles. The first kappa shape index (κ1) is 13.1. The van der Waals surface area contributed by atoms with Gasteiger partial charge < -0.3 is 15.0 Å². The predicted octanol–water partition coefficient (Wildman–Crippen LogP) is 3.13. The van der Waals surface area contributed by atoms with Gasteiger partial charge in [0.15, 0.2) is 0 Å². The van der Waals surface area contributed by atoms with Crippen LogP contribution in [0, 0.1) is 5.82 Å². The molecule has 0 bridgehead atoms. The van der Waals surface area contributed by atoms with Gasteiger partial charge in [0.25, 0.3) is 5.89 Å². The minimum atomic E-state index is -0.500. The van der Waals surface area contributed by atoms with Gasteiger partial charge in [-0.25, -0.2) is 4.39 Å². The summed E-state index contributed by atoms with van der Waals surface area (Å²) in [7, 11) is 1.59. The third kappa shape index (κ3) is 2.55. The fraction of sp³-hybridized carbons (Fsp3) is 0.0667. The molecule has 0 amide bonds. The molecule has 1 aromatic heterocycles. The molecule has 0 aliphatic rings. The monoisotopic (exact) mass is 285 g/mol. The Bertz CT molecular complexity index is 769. The number of nitrogen functional groups attached to an aromatic ring is 1. The number of halogens is 1. The third-order valence-corrected chi connectivity index (χ3v) is 3.00. The van der Waals surface area contributed by atoms with Crippen LogP contribution in [0.4, 0.5) is 10.1 Å². The van der Waals surface area contributed by atoms with Crippen LogP contribution < -0.4 is 10.5 Å². The van der Waals surface area contributed by atoms with Gasteiger partial charge in [0.2, 0.25) is 5.82 Å².